The van der Waals surface area contributed by atoms with Gasteiger partial charge in [-0.3, -0.25) is 9.59 Å². The van der Waals surface area contributed by atoms with Crippen molar-refractivity contribution in [3.8, 4) is 0 Å². The van der Waals surface area contributed by atoms with E-state index in [0.29, 0.717) is 0 Å². The van der Waals surface area contributed by atoms with Crippen LogP contribution in [-0.4, -0.2) is 54.4 Å². The molecule has 2 aromatic rings. The zero-order valence-corrected chi connectivity index (χ0v) is 17.7. The number of nitrogens with zero attached hydrogens (tertiary/aromatic N) is 4. The molecule has 170 valence electrons. The lowest BCUT2D eigenvalue weighted by molar-refractivity contribution is -0.140. The SMILES string of the molecule is CNC(=O)c1ccc(Nc2ncc3c(n2)N(C2CCCC2)CC(F)(F)C(=O)N3C)c(F)c1. The number of nitrogens with one attached hydrogen (secondary N) is 2. The summed E-state index contributed by atoms with van der Waals surface area (Å²) in [5.41, 5.74) is 0.335. The Morgan fingerprint density at radius 1 is 1.25 bits per heavy atom. The van der Waals surface area contributed by atoms with Crippen LogP contribution in [0.2, 0.25) is 0 Å². The Kier molecular flexibility index (Phi) is 5.66. The molecule has 0 spiro atoms. The van der Waals surface area contributed by atoms with Gasteiger partial charge in [-0.2, -0.15) is 13.8 Å². The number of rotatable bonds is 4. The highest BCUT2D eigenvalue weighted by Crippen LogP contribution is 2.39. The molecule has 2 N–H and O–H groups in total. The fourth-order valence-electron chi connectivity index (χ4n) is 4.13. The minimum Gasteiger partial charge on any atom is -0.355 e. The van der Waals surface area contributed by atoms with Gasteiger partial charge in [-0.05, 0) is 31.0 Å². The number of hydrogen-bond acceptors (Lipinski definition) is 6. The van der Waals surface area contributed by atoms with Gasteiger partial charge in [0.15, 0.2) is 5.82 Å². The van der Waals surface area contributed by atoms with Crippen molar-refractivity contribution in [3.05, 3.63) is 35.8 Å². The Bertz CT molecular complexity index is 1060. The number of halogens is 3. The van der Waals surface area contributed by atoms with Gasteiger partial charge >= 0.3 is 5.92 Å². The van der Waals surface area contributed by atoms with Gasteiger partial charge in [0.2, 0.25) is 5.95 Å². The number of fused-ring (bicyclic) bond motifs is 1. The van der Waals surface area contributed by atoms with Gasteiger partial charge in [0.1, 0.15) is 11.5 Å². The minimum absolute atomic E-state index is 0.00981. The van der Waals surface area contributed by atoms with Crippen LogP contribution in [0.5, 0.6) is 0 Å². The summed E-state index contributed by atoms with van der Waals surface area (Å²) in [7, 11) is 2.71. The molecular weight excluding hydrogens is 425 g/mol. The molecule has 32 heavy (non-hydrogen) atoms. The lowest BCUT2D eigenvalue weighted by Gasteiger charge is -2.31. The lowest BCUT2D eigenvalue weighted by atomic mass is 10.2. The lowest BCUT2D eigenvalue weighted by Crippen LogP contribution is -2.48. The number of anilines is 4. The van der Waals surface area contributed by atoms with Crippen molar-refractivity contribution in [2.45, 2.75) is 37.6 Å². The highest BCUT2D eigenvalue weighted by Gasteiger charge is 2.48. The topological polar surface area (TPSA) is 90.5 Å². The van der Waals surface area contributed by atoms with Gasteiger partial charge in [-0.15, -0.1) is 0 Å². The molecular formula is C21H23F3N6O2. The van der Waals surface area contributed by atoms with Gasteiger partial charge in [0, 0.05) is 25.7 Å². The van der Waals surface area contributed by atoms with Crippen LogP contribution in [-0.2, 0) is 4.79 Å². The van der Waals surface area contributed by atoms with Gasteiger partial charge in [0.25, 0.3) is 11.8 Å². The molecule has 1 aliphatic heterocycles. The first-order valence-corrected chi connectivity index (χ1v) is 10.3. The van der Waals surface area contributed by atoms with E-state index in [1.165, 1.54) is 37.3 Å². The quantitative estimate of drug-likeness (QED) is 0.747. The summed E-state index contributed by atoms with van der Waals surface area (Å²) in [4.78, 5) is 34.8. The number of alkyl halides is 2. The third-order valence-corrected chi connectivity index (χ3v) is 5.84. The van der Waals surface area contributed by atoms with E-state index in [4.69, 9.17) is 0 Å². The van der Waals surface area contributed by atoms with E-state index < -0.39 is 30.1 Å². The van der Waals surface area contributed by atoms with Gasteiger partial charge in [-0.1, -0.05) is 12.8 Å². The molecule has 0 unspecified atom stereocenters. The highest BCUT2D eigenvalue weighted by atomic mass is 19.3. The van der Waals surface area contributed by atoms with E-state index >= 15 is 0 Å². The van der Waals surface area contributed by atoms with Crippen molar-refractivity contribution in [1.29, 1.82) is 0 Å². The van der Waals surface area contributed by atoms with E-state index in [-0.39, 0.29) is 34.7 Å². The van der Waals surface area contributed by atoms with Gasteiger partial charge in [-0.25, -0.2) is 9.37 Å². The molecule has 2 aliphatic rings. The third kappa shape index (κ3) is 3.94. The van der Waals surface area contributed by atoms with E-state index in [1.54, 1.807) is 0 Å². The number of benzene rings is 1. The van der Waals surface area contributed by atoms with Crippen molar-refractivity contribution < 1.29 is 22.8 Å². The first kappa shape index (κ1) is 21.8. The van der Waals surface area contributed by atoms with Crippen LogP contribution in [0.15, 0.2) is 24.4 Å². The minimum atomic E-state index is -3.58. The zero-order chi connectivity index (χ0) is 23.0. The molecule has 1 fully saturated rings. The maximum atomic E-state index is 14.6. The Labute approximate surface area is 182 Å². The first-order valence-electron chi connectivity index (χ1n) is 10.3. The molecule has 2 amide bonds. The number of carbonyl (C=O) groups excluding carboxylic acids is 2. The zero-order valence-electron chi connectivity index (χ0n) is 17.7. The highest BCUT2D eigenvalue weighted by molar-refractivity contribution is 6.02. The molecule has 1 saturated carbocycles. The molecule has 1 aromatic heterocycles. The molecule has 8 nitrogen and oxygen atoms in total. The fraction of sp³-hybridized carbons (Fsp3) is 0.429. The van der Waals surface area contributed by atoms with Crippen LogP contribution in [0, 0.1) is 5.82 Å². The second-order valence-corrected chi connectivity index (χ2v) is 7.94. The molecule has 2 heterocycles. The summed E-state index contributed by atoms with van der Waals surface area (Å²) in [6.45, 7) is -0.778. The maximum absolute atomic E-state index is 14.6. The van der Waals surface area contributed by atoms with Crippen LogP contribution in [0.1, 0.15) is 36.0 Å². The summed E-state index contributed by atoms with van der Waals surface area (Å²) in [6.07, 6.45) is 4.53. The smallest absolute Gasteiger partial charge is 0.342 e. The van der Waals surface area contributed by atoms with Crippen LogP contribution in [0.3, 0.4) is 0 Å². The molecule has 0 radical (unpaired) electrons. The average Bonchev–Trinajstić information content (AvgIpc) is 3.29. The van der Waals surface area contributed by atoms with Crippen LogP contribution < -0.4 is 20.4 Å². The summed E-state index contributed by atoms with van der Waals surface area (Å²) >= 11 is 0. The standard InChI is InChI=1S/C21H23F3N6O2/c1-25-18(31)12-7-8-15(14(22)9-12)27-20-26-10-16-17(28-20)30(13-5-3-4-6-13)11-21(23,24)19(32)29(16)2/h7-10,13H,3-6,11H2,1-2H3,(H,25,31)(H,26,27,28). The fourth-order valence-corrected chi connectivity index (χ4v) is 4.13. The van der Waals surface area contributed by atoms with E-state index in [2.05, 4.69) is 20.6 Å². The van der Waals surface area contributed by atoms with Crippen molar-refractivity contribution in [1.82, 2.24) is 15.3 Å². The Balaban J connectivity index is 1.71. The molecule has 0 saturated heterocycles. The Morgan fingerprint density at radius 3 is 2.62 bits per heavy atom. The second-order valence-electron chi connectivity index (χ2n) is 7.94. The van der Waals surface area contributed by atoms with Gasteiger partial charge < -0.3 is 20.4 Å². The predicted octanol–water partition coefficient (Wildman–Crippen LogP) is 3.08. The van der Waals surface area contributed by atoms with E-state index in [9.17, 15) is 22.8 Å². The molecule has 0 atom stereocenters. The van der Waals surface area contributed by atoms with Crippen LogP contribution in [0.25, 0.3) is 0 Å². The van der Waals surface area contributed by atoms with Crippen LogP contribution in [0.4, 0.5) is 36.3 Å². The summed E-state index contributed by atoms with van der Waals surface area (Å²) < 4.78 is 43.8. The normalized spacial score (nSPS) is 18.3. The Morgan fingerprint density at radius 2 is 1.97 bits per heavy atom. The van der Waals surface area contributed by atoms with Gasteiger partial charge in [0.05, 0.1) is 18.4 Å². The number of aromatic nitrogens is 2. The Hall–Kier alpha value is -3.37. The third-order valence-electron chi connectivity index (χ3n) is 5.84. The monoisotopic (exact) mass is 448 g/mol. The van der Waals surface area contributed by atoms with Crippen molar-refractivity contribution in [3.63, 3.8) is 0 Å². The van der Waals surface area contributed by atoms with E-state index in [0.717, 1.165) is 36.6 Å². The van der Waals surface area contributed by atoms with Crippen LogP contribution >= 0.6 is 0 Å². The number of amides is 2. The molecule has 11 heteroatoms. The second kappa shape index (κ2) is 8.29. The number of carbonyl (C=O) groups is 2. The summed E-state index contributed by atoms with van der Waals surface area (Å²) in [6, 6.07) is 3.70. The van der Waals surface area contributed by atoms with E-state index in [1.807, 2.05) is 0 Å². The molecule has 4 rings (SSSR count). The largest absolute Gasteiger partial charge is 0.355 e. The predicted molar refractivity (Wildman–Crippen MR) is 113 cm³/mol. The van der Waals surface area contributed by atoms with Crippen molar-refractivity contribution in [2.75, 3.05) is 35.8 Å². The first-order chi connectivity index (χ1) is 15.2. The maximum Gasteiger partial charge on any atom is 0.342 e. The van der Waals surface area contributed by atoms with Crippen molar-refractivity contribution >= 4 is 35.0 Å². The molecule has 1 aliphatic carbocycles. The average molecular weight is 448 g/mol. The number of hydrogen-bond donors (Lipinski definition) is 2. The van der Waals surface area contributed by atoms with Crippen molar-refractivity contribution in [2.24, 2.45) is 0 Å². The summed E-state index contributed by atoms with van der Waals surface area (Å²) in [5, 5.41) is 5.15. The summed E-state index contributed by atoms with van der Waals surface area (Å²) in [5.74, 6) is -5.84. The molecule has 1 aromatic carbocycles. The molecule has 0 bridgehead atoms.